The summed E-state index contributed by atoms with van der Waals surface area (Å²) in [5.41, 5.74) is 6.14. The number of rotatable bonds is 3. The van der Waals surface area contributed by atoms with Gasteiger partial charge in [-0.2, -0.15) is 0 Å². The zero-order valence-corrected chi connectivity index (χ0v) is 9.38. The predicted molar refractivity (Wildman–Crippen MR) is 61.5 cm³/mol. The first-order valence-corrected chi connectivity index (χ1v) is 4.78. The predicted octanol–water partition coefficient (Wildman–Crippen LogP) is 0.955. The maximum absolute atomic E-state index is 5.55. The number of aromatic nitrogens is 2. The van der Waals surface area contributed by atoms with E-state index in [-0.39, 0.29) is 4.99 Å². The molecule has 0 amide bonds. The van der Waals surface area contributed by atoms with Crippen LogP contribution in [0, 0.1) is 0 Å². The highest BCUT2D eigenvalue weighted by atomic mass is 32.1. The van der Waals surface area contributed by atoms with Crippen molar-refractivity contribution in [3.63, 3.8) is 0 Å². The van der Waals surface area contributed by atoms with Crippen molar-refractivity contribution in [2.24, 2.45) is 5.73 Å². The molecule has 0 aromatic carbocycles. The third-order valence-corrected chi connectivity index (χ3v) is 2.21. The van der Waals surface area contributed by atoms with Crippen LogP contribution in [0.15, 0.2) is 12.4 Å². The van der Waals surface area contributed by atoms with Crippen molar-refractivity contribution in [3.05, 3.63) is 18.1 Å². The topological polar surface area (TPSA) is 55.0 Å². The van der Waals surface area contributed by atoms with Gasteiger partial charge in [-0.3, -0.25) is 0 Å². The van der Waals surface area contributed by atoms with Crippen LogP contribution in [-0.4, -0.2) is 28.0 Å². The molecule has 0 aliphatic carbocycles. The van der Waals surface area contributed by atoms with Crippen molar-refractivity contribution >= 4 is 23.0 Å². The molecular weight excluding hydrogens is 196 g/mol. The molecule has 1 rings (SSSR count). The first-order valence-electron chi connectivity index (χ1n) is 4.37. The van der Waals surface area contributed by atoms with Crippen molar-refractivity contribution < 1.29 is 0 Å². The van der Waals surface area contributed by atoms with Gasteiger partial charge < -0.3 is 10.6 Å². The van der Waals surface area contributed by atoms with E-state index in [2.05, 4.69) is 23.8 Å². The molecule has 0 radical (unpaired) electrons. The molecule has 0 bridgehead atoms. The summed E-state index contributed by atoms with van der Waals surface area (Å²) in [6.07, 6.45) is 3.22. The highest BCUT2D eigenvalue weighted by Gasteiger charge is 2.13. The van der Waals surface area contributed by atoms with Crippen LogP contribution in [0.1, 0.15) is 19.5 Å². The lowest BCUT2D eigenvalue weighted by Crippen LogP contribution is -2.29. The molecule has 0 aliphatic heterocycles. The third-order valence-electron chi connectivity index (χ3n) is 2.02. The van der Waals surface area contributed by atoms with E-state index >= 15 is 0 Å². The number of nitrogens with zero attached hydrogens (tertiary/aromatic N) is 3. The van der Waals surface area contributed by atoms with Gasteiger partial charge in [0.15, 0.2) is 5.82 Å². The number of anilines is 1. The zero-order chi connectivity index (χ0) is 10.7. The standard InChI is InChI=1S/C9H14N4S/c1-6(2)13(3)9-7(8(10)14)11-4-5-12-9/h4-6H,1-3H3,(H2,10,14). The maximum Gasteiger partial charge on any atom is 0.157 e. The Hall–Kier alpha value is -1.23. The smallest absolute Gasteiger partial charge is 0.157 e. The largest absolute Gasteiger partial charge is 0.388 e. The maximum atomic E-state index is 5.55. The van der Waals surface area contributed by atoms with E-state index in [4.69, 9.17) is 18.0 Å². The molecule has 0 atom stereocenters. The van der Waals surface area contributed by atoms with Crippen LogP contribution < -0.4 is 10.6 Å². The minimum absolute atomic E-state index is 0.278. The summed E-state index contributed by atoms with van der Waals surface area (Å²) in [4.78, 5) is 10.6. The first kappa shape index (κ1) is 10.8. The Bertz CT molecular complexity index is 337. The molecule has 76 valence electrons. The zero-order valence-electron chi connectivity index (χ0n) is 8.56. The van der Waals surface area contributed by atoms with E-state index in [1.807, 2.05) is 11.9 Å². The first-order chi connectivity index (χ1) is 6.54. The van der Waals surface area contributed by atoms with Crippen LogP contribution in [-0.2, 0) is 0 Å². The normalized spacial score (nSPS) is 10.3. The van der Waals surface area contributed by atoms with Crippen LogP contribution in [0.25, 0.3) is 0 Å². The van der Waals surface area contributed by atoms with Crippen LogP contribution in [0.3, 0.4) is 0 Å². The summed E-state index contributed by atoms with van der Waals surface area (Å²) < 4.78 is 0. The Kier molecular flexibility index (Phi) is 3.35. The molecule has 0 saturated heterocycles. The van der Waals surface area contributed by atoms with E-state index in [9.17, 15) is 0 Å². The molecule has 1 aromatic heterocycles. The average molecular weight is 210 g/mol. The van der Waals surface area contributed by atoms with Gasteiger partial charge in [0.2, 0.25) is 0 Å². The molecule has 0 unspecified atom stereocenters. The Morgan fingerprint density at radius 2 is 2.00 bits per heavy atom. The summed E-state index contributed by atoms with van der Waals surface area (Å²) in [5.74, 6) is 0.731. The summed E-state index contributed by atoms with van der Waals surface area (Å²) in [6.45, 7) is 4.13. The SMILES string of the molecule is CC(C)N(C)c1nccnc1C(N)=S. The molecule has 2 N–H and O–H groups in total. The van der Waals surface area contributed by atoms with E-state index < -0.39 is 0 Å². The van der Waals surface area contributed by atoms with Gasteiger partial charge in [-0.25, -0.2) is 9.97 Å². The van der Waals surface area contributed by atoms with E-state index in [1.54, 1.807) is 12.4 Å². The summed E-state index contributed by atoms with van der Waals surface area (Å²) in [7, 11) is 1.94. The van der Waals surface area contributed by atoms with E-state index in [1.165, 1.54) is 0 Å². The van der Waals surface area contributed by atoms with Gasteiger partial charge in [0, 0.05) is 25.5 Å². The minimum Gasteiger partial charge on any atom is -0.388 e. The second-order valence-corrected chi connectivity index (χ2v) is 3.74. The molecule has 0 aliphatic rings. The van der Waals surface area contributed by atoms with E-state index in [0.29, 0.717) is 11.7 Å². The second-order valence-electron chi connectivity index (χ2n) is 3.30. The van der Waals surface area contributed by atoms with Crippen molar-refractivity contribution in [3.8, 4) is 0 Å². The minimum atomic E-state index is 0.278. The van der Waals surface area contributed by atoms with Crippen molar-refractivity contribution in [2.45, 2.75) is 19.9 Å². The Balaban J connectivity index is 3.13. The molecule has 0 spiro atoms. The van der Waals surface area contributed by atoms with Crippen molar-refractivity contribution in [2.75, 3.05) is 11.9 Å². The molecule has 5 heteroatoms. The summed E-state index contributed by atoms with van der Waals surface area (Å²) >= 11 is 4.90. The van der Waals surface area contributed by atoms with Crippen molar-refractivity contribution in [1.82, 2.24) is 9.97 Å². The van der Waals surface area contributed by atoms with Gasteiger partial charge >= 0.3 is 0 Å². The Labute approximate surface area is 89.2 Å². The number of nitrogens with two attached hydrogens (primary N) is 1. The molecule has 0 saturated carbocycles. The average Bonchev–Trinajstić information content (AvgIpc) is 2.16. The monoisotopic (exact) mass is 210 g/mol. The highest BCUT2D eigenvalue weighted by Crippen LogP contribution is 2.15. The van der Waals surface area contributed by atoms with Crippen LogP contribution >= 0.6 is 12.2 Å². The fourth-order valence-electron chi connectivity index (χ4n) is 1.01. The number of hydrogen-bond donors (Lipinski definition) is 1. The van der Waals surface area contributed by atoms with Crippen LogP contribution in [0.4, 0.5) is 5.82 Å². The molecule has 1 heterocycles. The quantitative estimate of drug-likeness (QED) is 0.753. The van der Waals surface area contributed by atoms with Gasteiger partial charge in [0.25, 0.3) is 0 Å². The van der Waals surface area contributed by atoms with Gasteiger partial charge in [0.1, 0.15) is 10.7 Å². The third kappa shape index (κ3) is 2.17. The second kappa shape index (κ2) is 4.32. The van der Waals surface area contributed by atoms with Crippen molar-refractivity contribution in [1.29, 1.82) is 0 Å². The number of thiocarbonyl (C=S) groups is 1. The highest BCUT2D eigenvalue weighted by molar-refractivity contribution is 7.80. The Morgan fingerprint density at radius 1 is 1.43 bits per heavy atom. The summed E-state index contributed by atoms with van der Waals surface area (Å²) in [5, 5.41) is 0. The van der Waals surface area contributed by atoms with Crippen LogP contribution in [0.2, 0.25) is 0 Å². The van der Waals surface area contributed by atoms with Crippen LogP contribution in [0.5, 0.6) is 0 Å². The summed E-state index contributed by atoms with van der Waals surface area (Å²) in [6, 6.07) is 0.333. The molecular formula is C9H14N4S. The van der Waals surface area contributed by atoms with Gasteiger partial charge in [-0.15, -0.1) is 0 Å². The Morgan fingerprint density at radius 3 is 2.50 bits per heavy atom. The molecule has 1 aromatic rings. The molecule has 0 fully saturated rings. The molecule has 4 nitrogen and oxygen atoms in total. The fourth-order valence-corrected chi connectivity index (χ4v) is 1.15. The number of hydrogen-bond acceptors (Lipinski definition) is 4. The van der Waals surface area contributed by atoms with Gasteiger partial charge in [0.05, 0.1) is 0 Å². The molecule has 14 heavy (non-hydrogen) atoms. The van der Waals surface area contributed by atoms with Gasteiger partial charge in [-0.1, -0.05) is 12.2 Å². The fraction of sp³-hybridized carbons (Fsp3) is 0.444. The van der Waals surface area contributed by atoms with E-state index in [0.717, 1.165) is 5.82 Å². The lowest BCUT2D eigenvalue weighted by atomic mass is 10.3. The van der Waals surface area contributed by atoms with Gasteiger partial charge in [-0.05, 0) is 13.8 Å². The lowest BCUT2D eigenvalue weighted by Gasteiger charge is -2.23. The lowest BCUT2D eigenvalue weighted by molar-refractivity contribution is 0.739.